The number of hydrogen-bond donors (Lipinski definition) is 0. The van der Waals surface area contributed by atoms with Crippen molar-refractivity contribution < 1.29 is 18.7 Å². The molecule has 1 aliphatic heterocycles. The fraction of sp³-hybridized carbons (Fsp3) is 0.833. The minimum Gasteiger partial charge on any atom is -0.305 e. The Bertz CT molecular complexity index is 162. The highest BCUT2D eigenvalue weighted by Crippen LogP contribution is 2.27. The van der Waals surface area contributed by atoms with Crippen molar-refractivity contribution in [2.75, 3.05) is 13.1 Å². The number of amides is 1. The van der Waals surface area contributed by atoms with Crippen molar-refractivity contribution in [2.24, 2.45) is 0 Å². The van der Waals surface area contributed by atoms with Crippen LogP contribution in [0.1, 0.15) is 12.8 Å². The van der Waals surface area contributed by atoms with Crippen LogP contribution < -0.4 is 0 Å². The molecule has 0 spiro atoms. The van der Waals surface area contributed by atoms with Gasteiger partial charge >= 0.3 is 6.09 Å². The number of hydrogen-bond acceptors (Lipinski definition) is 1. The molecular formula is C6H8F2NO2. The average molecular weight is 164 g/mol. The summed E-state index contributed by atoms with van der Waals surface area (Å²) in [5, 5.41) is 10.1. The van der Waals surface area contributed by atoms with Crippen molar-refractivity contribution >= 4 is 6.09 Å². The van der Waals surface area contributed by atoms with E-state index in [-0.39, 0.29) is 25.9 Å². The van der Waals surface area contributed by atoms with Crippen LogP contribution in [0.3, 0.4) is 0 Å². The number of likely N-dealkylation sites (tertiary alicyclic amines) is 1. The van der Waals surface area contributed by atoms with Crippen LogP contribution in [0, 0.1) is 0 Å². The first kappa shape index (κ1) is 8.23. The lowest BCUT2D eigenvalue weighted by molar-refractivity contribution is -0.0519. The SMILES string of the molecule is [O]C(=O)N1CCC(F)(F)CC1. The Balaban J connectivity index is 2.42. The zero-order chi connectivity index (χ0) is 8.48. The van der Waals surface area contributed by atoms with Gasteiger partial charge in [0.1, 0.15) is 0 Å². The van der Waals surface area contributed by atoms with Crippen molar-refractivity contribution in [2.45, 2.75) is 18.8 Å². The summed E-state index contributed by atoms with van der Waals surface area (Å²) in [7, 11) is 0. The third-order valence-corrected chi connectivity index (χ3v) is 1.75. The number of nitrogens with zero attached hydrogens (tertiary/aromatic N) is 1. The van der Waals surface area contributed by atoms with E-state index in [9.17, 15) is 18.7 Å². The number of rotatable bonds is 0. The van der Waals surface area contributed by atoms with Crippen LogP contribution in [0.2, 0.25) is 0 Å². The van der Waals surface area contributed by atoms with Gasteiger partial charge in [-0.25, -0.2) is 18.7 Å². The van der Waals surface area contributed by atoms with E-state index in [2.05, 4.69) is 0 Å². The molecule has 0 N–H and O–H groups in total. The van der Waals surface area contributed by atoms with Crippen molar-refractivity contribution in [3.8, 4) is 0 Å². The molecule has 1 radical (unpaired) electrons. The summed E-state index contributed by atoms with van der Waals surface area (Å²) in [6.45, 7) is -0.231. The molecule has 1 aliphatic rings. The van der Waals surface area contributed by atoms with E-state index in [0.29, 0.717) is 0 Å². The molecular weight excluding hydrogens is 156 g/mol. The molecule has 0 aromatic rings. The van der Waals surface area contributed by atoms with Crippen molar-refractivity contribution in [3.63, 3.8) is 0 Å². The second-order valence-electron chi connectivity index (χ2n) is 2.61. The third kappa shape index (κ3) is 2.03. The van der Waals surface area contributed by atoms with E-state index >= 15 is 0 Å². The molecule has 0 aromatic heterocycles. The molecule has 0 unspecified atom stereocenters. The van der Waals surface area contributed by atoms with Gasteiger partial charge in [-0.05, 0) is 0 Å². The van der Waals surface area contributed by atoms with Gasteiger partial charge in [-0.15, -0.1) is 0 Å². The summed E-state index contributed by atoms with van der Waals surface area (Å²) in [6.07, 6.45) is -2.14. The molecule has 1 saturated heterocycles. The van der Waals surface area contributed by atoms with E-state index in [0.717, 1.165) is 4.90 Å². The Hall–Kier alpha value is -0.870. The maximum Gasteiger partial charge on any atom is 0.453 e. The minimum atomic E-state index is -2.69. The van der Waals surface area contributed by atoms with Crippen molar-refractivity contribution in [1.82, 2.24) is 4.90 Å². The van der Waals surface area contributed by atoms with Gasteiger partial charge < -0.3 is 4.90 Å². The Morgan fingerprint density at radius 2 is 1.73 bits per heavy atom. The molecule has 3 nitrogen and oxygen atoms in total. The highest BCUT2D eigenvalue weighted by molar-refractivity contribution is 5.64. The highest BCUT2D eigenvalue weighted by Gasteiger charge is 2.35. The van der Waals surface area contributed by atoms with Gasteiger partial charge in [0.25, 0.3) is 5.92 Å². The molecule has 1 amide bonds. The van der Waals surface area contributed by atoms with Gasteiger partial charge in [0.2, 0.25) is 0 Å². The third-order valence-electron chi connectivity index (χ3n) is 1.75. The molecule has 1 fully saturated rings. The van der Waals surface area contributed by atoms with Crippen LogP contribution in [-0.2, 0) is 5.11 Å². The van der Waals surface area contributed by atoms with Gasteiger partial charge in [-0.2, -0.15) is 0 Å². The zero-order valence-corrected chi connectivity index (χ0v) is 5.85. The first-order valence-corrected chi connectivity index (χ1v) is 3.35. The second kappa shape index (κ2) is 2.64. The van der Waals surface area contributed by atoms with E-state index in [1.165, 1.54) is 0 Å². The fourth-order valence-corrected chi connectivity index (χ4v) is 1.02. The van der Waals surface area contributed by atoms with Gasteiger partial charge in [-0.3, -0.25) is 0 Å². The first-order valence-electron chi connectivity index (χ1n) is 3.35. The molecule has 0 aliphatic carbocycles. The fourth-order valence-electron chi connectivity index (χ4n) is 1.02. The standard InChI is InChI=1S/C6H8F2NO2/c7-6(8)1-3-9(4-2-6)5(10)11/h1-4H2. The van der Waals surface area contributed by atoms with Crippen molar-refractivity contribution in [1.29, 1.82) is 0 Å². The number of alkyl halides is 2. The molecule has 11 heavy (non-hydrogen) atoms. The predicted octanol–water partition coefficient (Wildman–Crippen LogP) is 1.27. The summed E-state index contributed by atoms with van der Waals surface area (Å²) >= 11 is 0. The summed E-state index contributed by atoms with van der Waals surface area (Å²) in [5.74, 6) is -2.69. The number of carbonyl (C=O) groups is 1. The molecule has 0 bridgehead atoms. The Labute approximate surface area is 62.6 Å². The summed E-state index contributed by atoms with van der Waals surface area (Å²) in [4.78, 5) is 11.0. The lowest BCUT2D eigenvalue weighted by Gasteiger charge is -2.28. The quantitative estimate of drug-likeness (QED) is 0.531. The van der Waals surface area contributed by atoms with Crippen LogP contribution >= 0.6 is 0 Å². The Kier molecular flexibility index (Phi) is 1.97. The van der Waals surface area contributed by atoms with Crippen molar-refractivity contribution in [3.05, 3.63) is 0 Å². The van der Waals surface area contributed by atoms with Crippen LogP contribution in [-0.4, -0.2) is 30.0 Å². The summed E-state index contributed by atoms with van der Waals surface area (Å²) in [6, 6.07) is 0. The molecule has 1 rings (SSSR count). The molecule has 0 saturated carbocycles. The van der Waals surface area contributed by atoms with E-state index < -0.39 is 12.0 Å². The molecule has 5 heteroatoms. The monoisotopic (exact) mass is 164 g/mol. The molecule has 0 aromatic carbocycles. The average Bonchev–Trinajstić information content (AvgIpc) is 1.86. The summed E-state index contributed by atoms with van der Waals surface area (Å²) in [5.41, 5.74) is 0. The first-order chi connectivity index (χ1) is 5.01. The van der Waals surface area contributed by atoms with E-state index in [4.69, 9.17) is 0 Å². The predicted molar refractivity (Wildman–Crippen MR) is 31.8 cm³/mol. The minimum absolute atomic E-state index is 0.116. The second-order valence-corrected chi connectivity index (χ2v) is 2.61. The van der Waals surface area contributed by atoms with E-state index in [1.54, 1.807) is 0 Å². The number of piperidine rings is 1. The molecule has 63 valence electrons. The highest BCUT2D eigenvalue weighted by atomic mass is 19.3. The van der Waals surface area contributed by atoms with Gasteiger partial charge in [0.15, 0.2) is 0 Å². The Morgan fingerprint density at radius 1 is 1.27 bits per heavy atom. The summed E-state index contributed by atoms with van der Waals surface area (Å²) < 4.78 is 24.8. The Morgan fingerprint density at radius 3 is 2.09 bits per heavy atom. The van der Waals surface area contributed by atoms with Crippen LogP contribution in [0.25, 0.3) is 0 Å². The zero-order valence-electron chi connectivity index (χ0n) is 5.85. The lowest BCUT2D eigenvalue weighted by atomic mass is 10.1. The smallest absolute Gasteiger partial charge is 0.305 e. The molecule has 1 heterocycles. The maximum absolute atomic E-state index is 12.4. The number of carbonyl (C=O) groups excluding carboxylic acids is 1. The van der Waals surface area contributed by atoms with Crippen LogP contribution in [0.15, 0.2) is 0 Å². The van der Waals surface area contributed by atoms with E-state index in [1.807, 2.05) is 0 Å². The van der Waals surface area contributed by atoms with Gasteiger partial charge in [0, 0.05) is 25.9 Å². The lowest BCUT2D eigenvalue weighted by Crippen LogP contribution is -2.41. The number of halogens is 2. The topological polar surface area (TPSA) is 40.2 Å². The van der Waals surface area contributed by atoms with Gasteiger partial charge in [-0.1, -0.05) is 0 Å². The van der Waals surface area contributed by atoms with Gasteiger partial charge in [0.05, 0.1) is 0 Å². The van der Waals surface area contributed by atoms with Crippen LogP contribution in [0.4, 0.5) is 13.6 Å². The van der Waals surface area contributed by atoms with Crippen LogP contribution in [0.5, 0.6) is 0 Å². The normalized spacial score (nSPS) is 23.3. The molecule has 0 atom stereocenters. The largest absolute Gasteiger partial charge is 0.453 e. The maximum atomic E-state index is 12.4.